The molecule has 0 unspecified atom stereocenters. The zero-order chi connectivity index (χ0) is 17.9. The van der Waals surface area contributed by atoms with Crippen molar-refractivity contribution >= 4 is 29.1 Å². The Balaban J connectivity index is 2.10. The molecule has 2 rings (SSSR count). The number of hydrogen-bond donors (Lipinski definition) is 0. The summed E-state index contributed by atoms with van der Waals surface area (Å²) in [6.07, 6.45) is 0.286. The maximum Gasteiger partial charge on any atom is 0.228 e. The van der Waals surface area contributed by atoms with Crippen LogP contribution >= 0.6 is 11.6 Å². The first-order valence-electron chi connectivity index (χ1n) is 8.62. The predicted octanol–water partition coefficient (Wildman–Crippen LogP) is 3.83. The van der Waals surface area contributed by atoms with E-state index in [2.05, 4.69) is 27.7 Å². The largest absolute Gasteiger partial charge is 0.342 e. The Morgan fingerprint density at radius 3 is 2.21 bits per heavy atom. The zero-order valence-corrected chi connectivity index (χ0v) is 15.7. The molecule has 1 aromatic rings. The van der Waals surface area contributed by atoms with Crippen LogP contribution in [0, 0.1) is 17.8 Å². The van der Waals surface area contributed by atoms with Crippen LogP contribution < -0.4 is 4.90 Å². The first-order valence-corrected chi connectivity index (χ1v) is 9.00. The van der Waals surface area contributed by atoms with Gasteiger partial charge in [-0.2, -0.15) is 0 Å². The summed E-state index contributed by atoms with van der Waals surface area (Å²) < 4.78 is 0. The maximum absolute atomic E-state index is 12.9. The normalized spacial score (nSPS) is 17.9. The van der Waals surface area contributed by atoms with Gasteiger partial charge in [0.25, 0.3) is 0 Å². The van der Waals surface area contributed by atoms with Crippen molar-refractivity contribution in [2.45, 2.75) is 34.1 Å². The Morgan fingerprint density at radius 1 is 1.17 bits per heavy atom. The fourth-order valence-electron chi connectivity index (χ4n) is 3.14. The fraction of sp³-hybridized carbons (Fsp3) is 0.579. The van der Waals surface area contributed by atoms with E-state index in [0.717, 1.165) is 18.8 Å². The van der Waals surface area contributed by atoms with Crippen molar-refractivity contribution in [2.24, 2.45) is 17.8 Å². The van der Waals surface area contributed by atoms with Crippen molar-refractivity contribution < 1.29 is 9.59 Å². The lowest BCUT2D eigenvalue weighted by atomic mass is 10.0. The Labute approximate surface area is 149 Å². The number of amides is 2. The highest BCUT2D eigenvalue weighted by Crippen LogP contribution is 2.27. The van der Waals surface area contributed by atoms with Gasteiger partial charge in [-0.15, -0.1) is 0 Å². The highest BCUT2D eigenvalue weighted by atomic mass is 35.5. The molecule has 0 saturated carbocycles. The van der Waals surface area contributed by atoms with Crippen molar-refractivity contribution in [3.8, 4) is 0 Å². The highest BCUT2D eigenvalue weighted by molar-refractivity contribution is 6.30. The summed E-state index contributed by atoms with van der Waals surface area (Å²) in [5, 5.41) is 0.637. The van der Waals surface area contributed by atoms with Crippen molar-refractivity contribution in [1.29, 1.82) is 0 Å². The summed E-state index contributed by atoms with van der Waals surface area (Å²) in [5.41, 5.74) is 0.805. The molecule has 0 bridgehead atoms. The first-order chi connectivity index (χ1) is 11.3. The number of anilines is 1. The minimum Gasteiger partial charge on any atom is -0.342 e. The second-order valence-electron chi connectivity index (χ2n) is 7.41. The second-order valence-corrected chi connectivity index (χ2v) is 7.85. The minimum atomic E-state index is -0.259. The van der Waals surface area contributed by atoms with Gasteiger partial charge >= 0.3 is 0 Å². The van der Waals surface area contributed by atoms with E-state index in [0.29, 0.717) is 23.4 Å². The van der Waals surface area contributed by atoms with E-state index < -0.39 is 0 Å². The van der Waals surface area contributed by atoms with Crippen LogP contribution in [0.2, 0.25) is 5.02 Å². The molecule has 2 amide bonds. The highest BCUT2D eigenvalue weighted by Gasteiger charge is 2.37. The third-order valence-corrected chi connectivity index (χ3v) is 4.35. The topological polar surface area (TPSA) is 40.6 Å². The Kier molecular flexibility index (Phi) is 6.27. The van der Waals surface area contributed by atoms with Crippen molar-refractivity contribution in [3.05, 3.63) is 29.3 Å². The molecule has 24 heavy (non-hydrogen) atoms. The van der Waals surface area contributed by atoms with Gasteiger partial charge in [-0.1, -0.05) is 39.3 Å². The number of carbonyl (C=O) groups is 2. The van der Waals surface area contributed by atoms with E-state index in [9.17, 15) is 9.59 Å². The second kappa shape index (κ2) is 8.02. The third-order valence-electron chi connectivity index (χ3n) is 4.10. The van der Waals surface area contributed by atoms with Crippen LogP contribution in [0.4, 0.5) is 5.69 Å². The molecule has 1 atom stereocenters. The van der Waals surface area contributed by atoms with Crippen LogP contribution in [0.15, 0.2) is 24.3 Å². The SMILES string of the molecule is CC(C)CN(CC(C)C)C(=O)[C@@H]1CC(=O)N(c2ccc(Cl)cc2)C1. The molecule has 0 aliphatic carbocycles. The molecule has 1 heterocycles. The van der Waals surface area contributed by atoms with Gasteiger partial charge in [0.05, 0.1) is 5.92 Å². The summed E-state index contributed by atoms with van der Waals surface area (Å²) in [6.45, 7) is 10.4. The van der Waals surface area contributed by atoms with E-state index in [1.807, 2.05) is 17.0 Å². The lowest BCUT2D eigenvalue weighted by Crippen LogP contribution is -2.41. The Bertz CT molecular complexity index is 574. The number of benzene rings is 1. The minimum absolute atomic E-state index is 0.00437. The fourth-order valence-corrected chi connectivity index (χ4v) is 3.26. The molecule has 4 nitrogen and oxygen atoms in total. The molecule has 1 saturated heterocycles. The van der Waals surface area contributed by atoms with Crippen molar-refractivity contribution in [2.75, 3.05) is 24.5 Å². The number of rotatable bonds is 6. The van der Waals surface area contributed by atoms with Gasteiger partial charge in [0.15, 0.2) is 0 Å². The first kappa shape index (κ1) is 18.8. The molecule has 0 aromatic heterocycles. The van der Waals surface area contributed by atoms with E-state index in [1.54, 1.807) is 17.0 Å². The van der Waals surface area contributed by atoms with Gasteiger partial charge in [0.1, 0.15) is 0 Å². The van der Waals surface area contributed by atoms with E-state index in [4.69, 9.17) is 11.6 Å². The van der Waals surface area contributed by atoms with Crippen LogP contribution in [0.1, 0.15) is 34.1 Å². The van der Waals surface area contributed by atoms with Crippen LogP contribution in [0.5, 0.6) is 0 Å². The number of hydrogen-bond acceptors (Lipinski definition) is 2. The number of nitrogens with zero attached hydrogens (tertiary/aromatic N) is 2. The molecule has 5 heteroatoms. The van der Waals surface area contributed by atoms with Gasteiger partial charge < -0.3 is 9.80 Å². The average Bonchev–Trinajstić information content (AvgIpc) is 2.87. The lowest BCUT2D eigenvalue weighted by molar-refractivity contribution is -0.136. The standard InChI is InChI=1S/C19H27ClN2O2/c1-13(2)10-21(11-14(3)4)19(24)15-9-18(23)22(12-15)17-7-5-16(20)6-8-17/h5-8,13-15H,9-12H2,1-4H3/t15-/m1/s1. The van der Waals surface area contributed by atoms with Crippen molar-refractivity contribution in [3.63, 3.8) is 0 Å². The summed E-state index contributed by atoms with van der Waals surface area (Å²) >= 11 is 5.91. The molecular weight excluding hydrogens is 324 g/mol. The number of halogens is 1. The maximum atomic E-state index is 12.9. The van der Waals surface area contributed by atoms with Crippen molar-refractivity contribution in [1.82, 2.24) is 4.90 Å². The zero-order valence-electron chi connectivity index (χ0n) is 15.0. The Morgan fingerprint density at radius 2 is 1.71 bits per heavy atom. The molecule has 0 N–H and O–H groups in total. The van der Waals surface area contributed by atoms with E-state index in [1.165, 1.54) is 0 Å². The van der Waals surface area contributed by atoms with Gasteiger partial charge in [0, 0.05) is 36.8 Å². The third kappa shape index (κ3) is 4.73. The van der Waals surface area contributed by atoms with Crippen LogP contribution in [-0.4, -0.2) is 36.3 Å². The molecule has 0 spiro atoms. The van der Waals surface area contributed by atoms with E-state index >= 15 is 0 Å². The van der Waals surface area contributed by atoms with E-state index in [-0.39, 0.29) is 24.2 Å². The van der Waals surface area contributed by atoms with Crippen LogP contribution in [0.25, 0.3) is 0 Å². The summed E-state index contributed by atoms with van der Waals surface area (Å²) in [4.78, 5) is 28.9. The van der Waals surface area contributed by atoms with Gasteiger partial charge in [-0.25, -0.2) is 0 Å². The van der Waals surface area contributed by atoms with Gasteiger partial charge in [-0.05, 0) is 36.1 Å². The van der Waals surface area contributed by atoms with Gasteiger partial charge in [-0.3, -0.25) is 9.59 Å². The molecule has 132 valence electrons. The molecule has 1 aliphatic heterocycles. The molecule has 1 aliphatic rings. The van der Waals surface area contributed by atoms with Crippen LogP contribution in [-0.2, 0) is 9.59 Å². The molecule has 1 fully saturated rings. The Hall–Kier alpha value is -1.55. The van der Waals surface area contributed by atoms with Gasteiger partial charge in [0.2, 0.25) is 11.8 Å². The number of carbonyl (C=O) groups excluding carboxylic acids is 2. The average molecular weight is 351 g/mol. The lowest BCUT2D eigenvalue weighted by Gasteiger charge is -2.28. The molecular formula is C19H27ClN2O2. The summed E-state index contributed by atoms with van der Waals surface area (Å²) in [7, 11) is 0. The monoisotopic (exact) mass is 350 g/mol. The smallest absolute Gasteiger partial charge is 0.228 e. The molecule has 0 radical (unpaired) electrons. The quantitative estimate of drug-likeness (QED) is 0.782. The summed E-state index contributed by atoms with van der Waals surface area (Å²) in [5.74, 6) is 0.673. The van der Waals surface area contributed by atoms with Crippen LogP contribution in [0.3, 0.4) is 0 Å². The predicted molar refractivity (Wildman–Crippen MR) is 98.2 cm³/mol. The summed E-state index contributed by atoms with van der Waals surface area (Å²) in [6, 6.07) is 7.19. The molecule has 1 aromatic carbocycles.